The molecule has 1 heterocycles. The van der Waals surface area contributed by atoms with Gasteiger partial charge in [0.1, 0.15) is 6.04 Å². The van der Waals surface area contributed by atoms with Gasteiger partial charge in [-0.05, 0) is 26.2 Å². The summed E-state index contributed by atoms with van der Waals surface area (Å²) in [5, 5.41) is 2.84. The molecule has 1 saturated carbocycles. The van der Waals surface area contributed by atoms with Crippen LogP contribution in [0.5, 0.6) is 0 Å². The quantitative estimate of drug-likeness (QED) is 0.774. The molecule has 2 amide bonds. The first-order valence-electron chi connectivity index (χ1n) is 6.27. The van der Waals surface area contributed by atoms with E-state index in [1.165, 1.54) is 0 Å². The summed E-state index contributed by atoms with van der Waals surface area (Å²) in [7, 11) is 0. The SMILES string of the molecule is CC(NC(=O)C1CCCC1)C(=O)N1CCC1. The molecule has 1 aliphatic carbocycles. The average molecular weight is 224 g/mol. The van der Waals surface area contributed by atoms with E-state index in [4.69, 9.17) is 0 Å². The van der Waals surface area contributed by atoms with Gasteiger partial charge in [0.2, 0.25) is 11.8 Å². The summed E-state index contributed by atoms with van der Waals surface area (Å²) >= 11 is 0. The molecule has 2 aliphatic rings. The molecule has 1 unspecified atom stereocenters. The van der Waals surface area contributed by atoms with E-state index in [2.05, 4.69) is 5.32 Å². The minimum absolute atomic E-state index is 0.0672. The van der Waals surface area contributed by atoms with Crippen molar-refractivity contribution in [2.45, 2.75) is 45.1 Å². The number of carbonyl (C=O) groups excluding carboxylic acids is 2. The van der Waals surface area contributed by atoms with Gasteiger partial charge in [-0.25, -0.2) is 0 Å². The maximum absolute atomic E-state index is 11.8. The van der Waals surface area contributed by atoms with Gasteiger partial charge >= 0.3 is 0 Å². The predicted molar refractivity (Wildman–Crippen MR) is 60.8 cm³/mol. The highest BCUT2D eigenvalue weighted by atomic mass is 16.2. The number of likely N-dealkylation sites (tertiary alicyclic amines) is 1. The molecule has 0 radical (unpaired) electrons. The first-order chi connectivity index (χ1) is 7.68. The van der Waals surface area contributed by atoms with Crippen molar-refractivity contribution in [2.24, 2.45) is 5.92 Å². The Kier molecular flexibility index (Phi) is 3.46. The highest BCUT2D eigenvalue weighted by molar-refractivity contribution is 5.88. The highest BCUT2D eigenvalue weighted by Gasteiger charge is 2.29. The van der Waals surface area contributed by atoms with Crippen LogP contribution in [0.15, 0.2) is 0 Å². The van der Waals surface area contributed by atoms with E-state index in [-0.39, 0.29) is 23.8 Å². The van der Waals surface area contributed by atoms with Crippen molar-refractivity contribution >= 4 is 11.8 Å². The lowest BCUT2D eigenvalue weighted by molar-refractivity contribution is -0.139. The topological polar surface area (TPSA) is 49.4 Å². The molecule has 0 aromatic rings. The Labute approximate surface area is 96.4 Å². The lowest BCUT2D eigenvalue weighted by Crippen LogP contribution is -2.52. The zero-order valence-electron chi connectivity index (χ0n) is 9.87. The average Bonchev–Trinajstić information content (AvgIpc) is 2.67. The Morgan fingerprint density at radius 1 is 1.19 bits per heavy atom. The number of carbonyl (C=O) groups is 2. The summed E-state index contributed by atoms with van der Waals surface area (Å²) in [5.41, 5.74) is 0. The van der Waals surface area contributed by atoms with Crippen molar-refractivity contribution in [2.75, 3.05) is 13.1 Å². The molecule has 16 heavy (non-hydrogen) atoms. The molecular formula is C12H20N2O2. The van der Waals surface area contributed by atoms with Crippen molar-refractivity contribution in [1.29, 1.82) is 0 Å². The summed E-state index contributed by atoms with van der Waals surface area (Å²) in [4.78, 5) is 25.4. The van der Waals surface area contributed by atoms with E-state index >= 15 is 0 Å². The second kappa shape index (κ2) is 4.85. The molecule has 0 aromatic carbocycles. The third kappa shape index (κ3) is 2.36. The number of nitrogens with one attached hydrogen (secondary N) is 1. The molecule has 1 aliphatic heterocycles. The molecule has 2 rings (SSSR count). The predicted octanol–water partition coefficient (Wildman–Crippen LogP) is 0.914. The van der Waals surface area contributed by atoms with Crippen LogP contribution in [-0.4, -0.2) is 35.8 Å². The van der Waals surface area contributed by atoms with Crippen molar-refractivity contribution in [3.05, 3.63) is 0 Å². The van der Waals surface area contributed by atoms with Crippen LogP contribution in [-0.2, 0) is 9.59 Å². The van der Waals surface area contributed by atoms with Crippen LogP contribution in [0.2, 0.25) is 0 Å². The fraction of sp³-hybridized carbons (Fsp3) is 0.833. The van der Waals surface area contributed by atoms with Gasteiger partial charge in [-0.2, -0.15) is 0 Å². The number of nitrogens with zero attached hydrogens (tertiary/aromatic N) is 1. The molecule has 2 fully saturated rings. The summed E-state index contributed by atoms with van der Waals surface area (Å²) in [6.07, 6.45) is 5.35. The van der Waals surface area contributed by atoms with Crippen molar-refractivity contribution < 1.29 is 9.59 Å². The highest BCUT2D eigenvalue weighted by Crippen LogP contribution is 2.24. The van der Waals surface area contributed by atoms with E-state index in [0.29, 0.717) is 0 Å². The molecule has 1 atom stereocenters. The normalized spacial score (nSPS) is 22.7. The molecule has 0 spiro atoms. The molecule has 4 heteroatoms. The third-order valence-corrected chi connectivity index (χ3v) is 3.62. The Morgan fingerprint density at radius 2 is 1.81 bits per heavy atom. The van der Waals surface area contributed by atoms with Gasteiger partial charge in [0.15, 0.2) is 0 Å². The van der Waals surface area contributed by atoms with Gasteiger partial charge in [-0.15, -0.1) is 0 Å². The molecular weight excluding hydrogens is 204 g/mol. The van der Waals surface area contributed by atoms with E-state index < -0.39 is 0 Å². The monoisotopic (exact) mass is 224 g/mol. The van der Waals surface area contributed by atoms with Gasteiger partial charge in [0.25, 0.3) is 0 Å². The van der Waals surface area contributed by atoms with E-state index in [9.17, 15) is 9.59 Å². The van der Waals surface area contributed by atoms with E-state index in [1.54, 1.807) is 11.8 Å². The lowest BCUT2D eigenvalue weighted by Gasteiger charge is -2.33. The van der Waals surface area contributed by atoms with Gasteiger partial charge in [-0.3, -0.25) is 9.59 Å². The van der Waals surface area contributed by atoms with Crippen LogP contribution in [0, 0.1) is 5.92 Å². The molecule has 0 bridgehead atoms. The maximum Gasteiger partial charge on any atom is 0.244 e. The van der Waals surface area contributed by atoms with Gasteiger partial charge in [0, 0.05) is 19.0 Å². The first-order valence-corrected chi connectivity index (χ1v) is 6.27. The van der Waals surface area contributed by atoms with Gasteiger partial charge < -0.3 is 10.2 Å². The Hall–Kier alpha value is -1.06. The third-order valence-electron chi connectivity index (χ3n) is 3.62. The van der Waals surface area contributed by atoms with Crippen molar-refractivity contribution in [1.82, 2.24) is 10.2 Å². The summed E-state index contributed by atoms with van der Waals surface area (Å²) < 4.78 is 0. The maximum atomic E-state index is 11.8. The molecule has 1 saturated heterocycles. The Morgan fingerprint density at radius 3 is 2.31 bits per heavy atom. The van der Waals surface area contributed by atoms with Crippen molar-refractivity contribution in [3.63, 3.8) is 0 Å². The van der Waals surface area contributed by atoms with Crippen LogP contribution in [0.25, 0.3) is 0 Å². The minimum Gasteiger partial charge on any atom is -0.344 e. The smallest absolute Gasteiger partial charge is 0.244 e. The van der Waals surface area contributed by atoms with Gasteiger partial charge in [-0.1, -0.05) is 12.8 Å². The van der Waals surface area contributed by atoms with Crippen LogP contribution < -0.4 is 5.32 Å². The zero-order chi connectivity index (χ0) is 11.5. The van der Waals surface area contributed by atoms with Crippen LogP contribution >= 0.6 is 0 Å². The zero-order valence-corrected chi connectivity index (χ0v) is 9.87. The van der Waals surface area contributed by atoms with Crippen molar-refractivity contribution in [3.8, 4) is 0 Å². The van der Waals surface area contributed by atoms with E-state index in [1.807, 2.05) is 0 Å². The summed E-state index contributed by atoms with van der Waals surface area (Å²) in [6.45, 7) is 3.48. The fourth-order valence-electron chi connectivity index (χ4n) is 2.39. The summed E-state index contributed by atoms with van der Waals surface area (Å²) in [5.74, 6) is 0.281. The molecule has 4 nitrogen and oxygen atoms in total. The summed E-state index contributed by atoms with van der Waals surface area (Å²) in [6, 6.07) is -0.353. The molecule has 90 valence electrons. The minimum atomic E-state index is -0.353. The standard InChI is InChI=1S/C12H20N2O2/c1-9(12(16)14-7-4-8-14)13-11(15)10-5-2-3-6-10/h9-10H,2-8H2,1H3,(H,13,15). The Balaban J connectivity index is 1.78. The number of hydrogen-bond donors (Lipinski definition) is 1. The lowest BCUT2D eigenvalue weighted by atomic mass is 10.1. The Bertz CT molecular complexity index is 281. The fourth-order valence-corrected chi connectivity index (χ4v) is 2.39. The van der Waals surface area contributed by atoms with E-state index in [0.717, 1.165) is 45.2 Å². The number of hydrogen-bond acceptors (Lipinski definition) is 2. The first kappa shape index (κ1) is 11.4. The molecule has 0 aromatic heterocycles. The number of amides is 2. The molecule has 1 N–H and O–H groups in total. The number of rotatable bonds is 3. The second-order valence-electron chi connectivity index (χ2n) is 4.89. The second-order valence-corrected chi connectivity index (χ2v) is 4.89. The largest absolute Gasteiger partial charge is 0.344 e. The van der Waals surface area contributed by atoms with Crippen LogP contribution in [0.4, 0.5) is 0 Å². The van der Waals surface area contributed by atoms with Crippen LogP contribution in [0.1, 0.15) is 39.0 Å². The van der Waals surface area contributed by atoms with Gasteiger partial charge in [0.05, 0.1) is 0 Å². The van der Waals surface area contributed by atoms with Crippen LogP contribution in [0.3, 0.4) is 0 Å².